The second-order valence-electron chi connectivity index (χ2n) is 5.64. The van der Waals surface area contributed by atoms with Crippen molar-refractivity contribution in [1.29, 1.82) is 0 Å². The van der Waals surface area contributed by atoms with Crippen molar-refractivity contribution < 1.29 is 14.3 Å². The van der Waals surface area contributed by atoms with E-state index in [0.29, 0.717) is 17.9 Å². The van der Waals surface area contributed by atoms with Gasteiger partial charge in [0.2, 0.25) is 0 Å². The predicted molar refractivity (Wildman–Crippen MR) is 107 cm³/mol. The maximum Gasteiger partial charge on any atom is 0.259 e. The van der Waals surface area contributed by atoms with Gasteiger partial charge in [-0.25, -0.2) is 5.43 Å². The van der Waals surface area contributed by atoms with Gasteiger partial charge in [-0.3, -0.25) is 9.59 Å². The summed E-state index contributed by atoms with van der Waals surface area (Å²) in [5, 5.41) is 6.34. The average Bonchev–Trinajstić information content (AvgIpc) is 2.71. The number of hydrogen-bond acceptors (Lipinski definition) is 4. The van der Waals surface area contributed by atoms with Crippen LogP contribution in [0.2, 0.25) is 0 Å². The molecule has 0 aromatic heterocycles. The molecule has 27 heavy (non-hydrogen) atoms. The lowest BCUT2D eigenvalue weighted by Crippen LogP contribution is -2.34. The molecule has 2 rings (SSSR count). The molecule has 2 aromatic rings. The number of hydrazone groups is 1. The van der Waals surface area contributed by atoms with Gasteiger partial charge in [0.15, 0.2) is 0 Å². The highest BCUT2D eigenvalue weighted by Gasteiger charge is 2.07. The van der Waals surface area contributed by atoms with Crippen LogP contribution < -0.4 is 15.5 Å². The summed E-state index contributed by atoms with van der Waals surface area (Å²) >= 11 is 0. The van der Waals surface area contributed by atoms with Crippen LogP contribution in [-0.4, -0.2) is 31.2 Å². The summed E-state index contributed by atoms with van der Waals surface area (Å²) in [6.45, 7) is 2.50. The number of carbonyl (C=O) groups is 2. The Labute approximate surface area is 158 Å². The molecule has 0 heterocycles. The zero-order valence-corrected chi connectivity index (χ0v) is 15.2. The Morgan fingerprint density at radius 3 is 2.52 bits per heavy atom. The summed E-state index contributed by atoms with van der Waals surface area (Å²) in [6.07, 6.45) is 5.98. The third kappa shape index (κ3) is 7.56. The van der Waals surface area contributed by atoms with Crippen LogP contribution in [0, 0.1) is 0 Å². The van der Waals surface area contributed by atoms with E-state index in [1.165, 1.54) is 6.21 Å². The molecule has 0 spiro atoms. The second-order valence-corrected chi connectivity index (χ2v) is 5.64. The molecule has 0 unspecified atom stereocenters. The van der Waals surface area contributed by atoms with E-state index >= 15 is 0 Å². The molecule has 140 valence electrons. The first-order valence-corrected chi connectivity index (χ1v) is 8.73. The number of carbonyl (C=O) groups excluding carboxylic acids is 2. The largest absolute Gasteiger partial charge is 0.494 e. The number of rotatable bonds is 9. The molecule has 6 nitrogen and oxygen atoms in total. The van der Waals surface area contributed by atoms with E-state index in [0.717, 1.165) is 12.0 Å². The molecule has 0 radical (unpaired) electrons. The number of amides is 2. The lowest BCUT2D eigenvalue weighted by Gasteiger charge is -2.06. The summed E-state index contributed by atoms with van der Waals surface area (Å²) in [7, 11) is 0. The molecule has 2 amide bonds. The van der Waals surface area contributed by atoms with Crippen LogP contribution >= 0.6 is 0 Å². The van der Waals surface area contributed by atoms with Crippen LogP contribution in [0.5, 0.6) is 5.75 Å². The van der Waals surface area contributed by atoms with Crippen molar-refractivity contribution in [3.8, 4) is 5.75 Å². The summed E-state index contributed by atoms with van der Waals surface area (Å²) in [5.41, 5.74) is 3.85. The van der Waals surface area contributed by atoms with Crippen LogP contribution in [0.4, 0.5) is 0 Å². The van der Waals surface area contributed by atoms with Crippen LogP contribution in [0.1, 0.15) is 29.3 Å². The lowest BCUT2D eigenvalue weighted by atomic mass is 10.2. The lowest BCUT2D eigenvalue weighted by molar-refractivity contribution is -0.120. The first-order chi connectivity index (χ1) is 13.2. The Hall–Kier alpha value is -3.41. The van der Waals surface area contributed by atoms with Crippen molar-refractivity contribution in [2.45, 2.75) is 13.3 Å². The minimum absolute atomic E-state index is 0.160. The van der Waals surface area contributed by atoms with Crippen molar-refractivity contribution in [3.05, 3.63) is 71.8 Å². The fourth-order valence-electron chi connectivity index (χ4n) is 2.10. The zero-order chi connectivity index (χ0) is 19.3. The number of nitrogens with zero attached hydrogens (tertiary/aromatic N) is 1. The van der Waals surface area contributed by atoms with Gasteiger partial charge < -0.3 is 10.1 Å². The molecule has 0 saturated heterocycles. The zero-order valence-electron chi connectivity index (χ0n) is 15.2. The van der Waals surface area contributed by atoms with Gasteiger partial charge >= 0.3 is 0 Å². The normalized spacial score (nSPS) is 10.9. The smallest absolute Gasteiger partial charge is 0.259 e. The molecule has 6 heteroatoms. The molecule has 2 aromatic carbocycles. The quantitative estimate of drug-likeness (QED) is 0.529. The fraction of sp³-hybridized carbons (Fsp3) is 0.190. The first kappa shape index (κ1) is 19.9. The van der Waals surface area contributed by atoms with Crippen LogP contribution in [0.15, 0.2) is 65.8 Å². The molecular formula is C21H23N3O3. The van der Waals surface area contributed by atoms with Crippen molar-refractivity contribution in [2.24, 2.45) is 5.10 Å². The van der Waals surface area contributed by atoms with Gasteiger partial charge in [-0.05, 0) is 42.3 Å². The second kappa shape index (κ2) is 11.3. The minimum atomic E-state index is -0.407. The molecular weight excluding hydrogens is 342 g/mol. The number of allylic oxidation sites excluding steroid dienone is 1. The van der Waals surface area contributed by atoms with E-state index in [9.17, 15) is 9.59 Å². The van der Waals surface area contributed by atoms with Crippen molar-refractivity contribution in [3.63, 3.8) is 0 Å². The Balaban J connectivity index is 1.70. The van der Waals surface area contributed by atoms with Gasteiger partial charge in [0, 0.05) is 11.8 Å². The van der Waals surface area contributed by atoms with Gasteiger partial charge in [0.25, 0.3) is 11.8 Å². The molecule has 2 N–H and O–H groups in total. The van der Waals surface area contributed by atoms with Crippen molar-refractivity contribution in [2.75, 3.05) is 13.2 Å². The summed E-state index contributed by atoms with van der Waals surface area (Å²) in [6, 6.07) is 16.5. The molecule has 0 fully saturated rings. The van der Waals surface area contributed by atoms with Gasteiger partial charge in [0.1, 0.15) is 5.75 Å². The van der Waals surface area contributed by atoms with E-state index in [1.54, 1.807) is 30.3 Å². The number of hydrogen-bond donors (Lipinski definition) is 2. The summed E-state index contributed by atoms with van der Waals surface area (Å²) in [5.74, 6) is -0.0280. The van der Waals surface area contributed by atoms with Crippen molar-refractivity contribution in [1.82, 2.24) is 10.7 Å². The van der Waals surface area contributed by atoms with Gasteiger partial charge in [-0.2, -0.15) is 5.10 Å². The van der Waals surface area contributed by atoms with Crippen LogP contribution in [0.25, 0.3) is 6.08 Å². The SMILES string of the molecule is CCCOc1ccc(C(=O)NCC(=O)N/N=C/C=C/c2ccccc2)cc1. The topological polar surface area (TPSA) is 79.8 Å². The van der Waals surface area contributed by atoms with Crippen molar-refractivity contribution >= 4 is 24.1 Å². The van der Waals surface area contributed by atoms with Gasteiger partial charge in [-0.1, -0.05) is 43.3 Å². The van der Waals surface area contributed by atoms with Crippen LogP contribution in [0.3, 0.4) is 0 Å². The highest BCUT2D eigenvalue weighted by atomic mass is 16.5. The molecule has 0 aliphatic carbocycles. The molecule has 0 atom stereocenters. The van der Waals surface area contributed by atoms with Crippen LogP contribution in [-0.2, 0) is 4.79 Å². The first-order valence-electron chi connectivity index (χ1n) is 8.73. The predicted octanol–water partition coefficient (Wildman–Crippen LogP) is 3.02. The van der Waals surface area contributed by atoms with E-state index in [2.05, 4.69) is 15.8 Å². The maximum atomic E-state index is 12.0. The monoisotopic (exact) mass is 365 g/mol. The minimum Gasteiger partial charge on any atom is -0.494 e. The fourth-order valence-corrected chi connectivity index (χ4v) is 2.10. The van der Waals surface area contributed by atoms with E-state index in [-0.39, 0.29) is 12.5 Å². The maximum absolute atomic E-state index is 12.0. The molecule has 0 saturated carbocycles. The third-order valence-electron chi connectivity index (χ3n) is 3.44. The average molecular weight is 365 g/mol. The highest BCUT2D eigenvalue weighted by molar-refractivity contribution is 5.96. The van der Waals surface area contributed by atoms with Gasteiger partial charge in [-0.15, -0.1) is 0 Å². The molecule has 0 bridgehead atoms. The number of ether oxygens (including phenoxy) is 1. The number of benzene rings is 2. The van der Waals surface area contributed by atoms with E-state index < -0.39 is 5.91 Å². The Morgan fingerprint density at radius 2 is 1.81 bits per heavy atom. The van der Waals surface area contributed by atoms with E-state index in [4.69, 9.17) is 4.74 Å². The summed E-state index contributed by atoms with van der Waals surface area (Å²) in [4.78, 5) is 23.7. The summed E-state index contributed by atoms with van der Waals surface area (Å²) < 4.78 is 5.46. The Morgan fingerprint density at radius 1 is 1.07 bits per heavy atom. The van der Waals surface area contributed by atoms with Gasteiger partial charge in [0.05, 0.1) is 13.2 Å². The molecule has 0 aliphatic heterocycles. The number of nitrogens with one attached hydrogen (secondary N) is 2. The third-order valence-corrected chi connectivity index (χ3v) is 3.44. The standard InChI is InChI=1S/C21H23N3O3/c1-2-15-27-19-12-10-18(11-13-19)21(26)22-16-20(25)24-23-14-6-9-17-7-4-3-5-8-17/h3-14H,2,15-16H2,1H3,(H,22,26)(H,24,25)/b9-6+,23-14+. The highest BCUT2D eigenvalue weighted by Crippen LogP contribution is 2.12. The Bertz CT molecular complexity index is 784. The molecule has 0 aliphatic rings. The van der Waals surface area contributed by atoms with E-state index in [1.807, 2.05) is 43.3 Å². The Kier molecular flexibility index (Phi) is 8.30.